The number of carbonyl (C=O) groups excluding carboxylic acids is 1. The summed E-state index contributed by atoms with van der Waals surface area (Å²) >= 11 is 0. The summed E-state index contributed by atoms with van der Waals surface area (Å²) in [5.74, 6) is 0. The zero-order valence-electron chi connectivity index (χ0n) is 11.2. The lowest BCUT2D eigenvalue weighted by Crippen LogP contribution is -2.40. The number of rotatable bonds is 2. The average Bonchev–Trinajstić information content (AvgIpc) is 2.95. The molecule has 7 heteroatoms. The van der Waals surface area contributed by atoms with Gasteiger partial charge >= 0.3 is 6.03 Å². The van der Waals surface area contributed by atoms with Crippen molar-refractivity contribution in [2.75, 3.05) is 11.9 Å². The molecule has 3 rings (SSSR count). The molecule has 1 N–H and O–H groups in total. The normalized spacial score (nSPS) is 13.6. The van der Waals surface area contributed by atoms with Crippen LogP contribution in [0, 0.1) is 10.1 Å². The summed E-state index contributed by atoms with van der Waals surface area (Å²) in [4.78, 5) is 24.0. The van der Waals surface area contributed by atoms with Gasteiger partial charge < -0.3 is 14.8 Å². The van der Waals surface area contributed by atoms with Crippen LogP contribution in [0.2, 0.25) is 0 Å². The first-order chi connectivity index (χ1) is 10.1. The number of fused-ring (bicyclic) bond motifs is 1. The van der Waals surface area contributed by atoms with Gasteiger partial charge in [-0.15, -0.1) is 0 Å². The van der Waals surface area contributed by atoms with E-state index in [1.54, 1.807) is 4.90 Å². The molecule has 1 aliphatic heterocycles. The molecule has 0 unspecified atom stereocenters. The maximum absolute atomic E-state index is 12.2. The molecule has 0 saturated heterocycles. The van der Waals surface area contributed by atoms with Gasteiger partial charge in [-0.2, -0.15) is 0 Å². The second-order valence-electron chi connectivity index (χ2n) is 4.85. The molecule has 0 spiro atoms. The van der Waals surface area contributed by atoms with E-state index in [9.17, 15) is 14.9 Å². The fourth-order valence-corrected chi connectivity index (χ4v) is 2.36. The van der Waals surface area contributed by atoms with Gasteiger partial charge in [0.2, 0.25) is 0 Å². The molecule has 0 radical (unpaired) electrons. The smallest absolute Gasteiger partial charge is 0.322 e. The van der Waals surface area contributed by atoms with Crippen LogP contribution in [-0.4, -0.2) is 27.0 Å². The van der Waals surface area contributed by atoms with Gasteiger partial charge in [0.25, 0.3) is 5.69 Å². The Kier molecular flexibility index (Phi) is 3.31. The quantitative estimate of drug-likeness (QED) is 0.680. The first-order valence-corrected chi connectivity index (χ1v) is 6.58. The molecule has 1 aliphatic rings. The van der Waals surface area contributed by atoms with Crippen LogP contribution in [0.3, 0.4) is 0 Å². The fraction of sp³-hybridized carbons (Fsp3) is 0.214. The van der Waals surface area contributed by atoms with Crippen LogP contribution in [0.4, 0.5) is 16.2 Å². The Bertz CT molecular complexity index is 678. The number of carbonyl (C=O) groups is 1. The van der Waals surface area contributed by atoms with Gasteiger partial charge in [-0.05, 0) is 24.3 Å². The van der Waals surface area contributed by atoms with Crippen molar-refractivity contribution in [3.05, 3.63) is 58.4 Å². The number of hydrogen-bond donors (Lipinski definition) is 1. The number of hydrogen-bond acceptors (Lipinski definition) is 3. The Labute approximate surface area is 120 Å². The van der Waals surface area contributed by atoms with E-state index in [0.29, 0.717) is 18.8 Å². The number of non-ortho nitro benzene ring substituents is 1. The van der Waals surface area contributed by atoms with E-state index < -0.39 is 4.92 Å². The molecule has 108 valence electrons. The standard InChI is InChI=1S/C14H14N4O3/c19-14(15-11-3-5-12(6-4-11)18(20)21)17-9-8-16-7-1-2-13(16)10-17/h1-7H,8-10H2,(H,15,19). The highest BCUT2D eigenvalue weighted by atomic mass is 16.6. The van der Waals surface area contributed by atoms with Crippen LogP contribution in [0.1, 0.15) is 5.69 Å². The molecule has 21 heavy (non-hydrogen) atoms. The summed E-state index contributed by atoms with van der Waals surface area (Å²) in [5, 5.41) is 13.3. The maximum Gasteiger partial charge on any atom is 0.322 e. The van der Waals surface area contributed by atoms with Crippen molar-refractivity contribution in [1.29, 1.82) is 0 Å². The predicted molar refractivity (Wildman–Crippen MR) is 77.0 cm³/mol. The summed E-state index contributed by atoms with van der Waals surface area (Å²) in [7, 11) is 0. The van der Waals surface area contributed by atoms with Crippen LogP contribution in [0.5, 0.6) is 0 Å². The number of nitrogens with one attached hydrogen (secondary N) is 1. The average molecular weight is 286 g/mol. The van der Waals surface area contributed by atoms with Crippen LogP contribution in [-0.2, 0) is 13.1 Å². The number of amides is 2. The summed E-state index contributed by atoms with van der Waals surface area (Å²) in [6.07, 6.45) is 2.00. The minimum absolute atomic E-state index is 0.00352. The molecule has 0 bridgehead atoms. The number of aromatic nitrogens is 1. The Hall–Kier alpha value is -2.83. The topological polar surface area (TPSA) is 80.4 Å². The van der Waals surface area contributed by atoms with Crippen molar-refractivity contribution in [3.8, 4) is 0 Å². The zero-order valence-corrected chi connectivity index (χ0v) is 11.2. The zero-order chi connectivity index (χ0) is 14.8. The lowest BCUT2D eigenvalue weighted by Gasteiger charge is -2.28. The SMILES string of the molecule is O=C(Nc1ccc([N+](=O)[O-])cc1)N1CCn2cccc2C1. The predicted octanol–water partition coefficient (Wildman–Crippen LogP) is 2.44. The fourth-order valence-electron chi connectivity index (χ4n) is 2.36. The number of benzene rings is 1. The molecule has 2 amide bonds. The molecule has 7 nitrogen and oxygen atoms in total. The van der Waals surface area contributed by atoms with E-state index in [0.717, 1.165) is 12.2 Å². The minimum Gasteiger partial charge on any atom is -0.348 e. The highest BCUT2D eigenvalue weighted by Crippen LogP contribution is 2.17. The Morgan fingerprint density at radius 2 is 1.95 bits per heavy atom. The molecule has 0 aliphatic carbocycles. The Morgan fingerprint density at radius 1 is 1.19 bits per heavy atom. The first-order valence-electron chi connectivity index (χ1n) is 6.58. The number of nitro groups is 1. The van der Waals surface area contributed by atoms with E-state index in [4.69, 9.17) is 0 Å². The highest BCUT2D eigenvalue weighted by molar-refractivity contribution is 5.89. The van der Waals surface area contributed by atoms with E-state index in [-0.39, 0.29) is 11.7 Å². The molecule has 2 aromatic rings. The second kappa shape index (κ2) is 5.28. The minimum atomic E-state index is -0.468. The maximum atomic E-state index is 12.2. The third-order valence-electron chi connectivity index (χ3n) is 3.50. The van der Waals surface area contributed by atoms with Crippen molar-refractivity contribution in [2.45, 2.75) is 13.1 Å². The summed E-state index contributed by atoms with van der Waals surface area (Å²) < 4.78 is 2.12. The van der Waals surface area contributed by atoms with Gasteiger partial charge in [0.15, 0.2) is 0 Å². The lowest BCUT2D eigenvalue weighted by molar-refractivity contribution is -0.384. The van der Waals surface area contributed by atoms with Gasteiger partial charge in [-0.3, -0.25) is 10.1 Å². The third kappa shape index (κ3) is 2.71. The molecule has 0 fully saturated rings. The van der Waals surface area contributed by atoms with Crippen molar-refractivity contribution in [1.82, 2.24) is 9.47 Å². The van der Waals surface area contributed by atoms with Crippen LogP contribution in [0.25, 0.3) is 0 Å². The van der Waals surface area contributed by atoms with Crippen LogP contribution < -0.4 is 5.32 Å². The van der Waals surface area contributed by atoms with Crippen molar-refractivity contribution in [2.24, 2.45) is 0 Å². The Balaban J connectivity index is 1.65. The van der Waals surface area contributed by atoms with E-state index in [1.807, 2.05) is 18.3 Å². The van der Waals surface area contributed by atoms with Gasteiger partial charge in [0, 0.05) is 42.8 Å². The number of nitrogens with zero attached hydrogens (tertiary/aromatic N) is 3. The molecule has 2 heterocycles. The summed E-state index contributed by atoms with van der Waals surface area (Å²) in [6, 6.07) is 9.56. The lowest BCUT2D eigenvalue weighted by atomic mass is 10.3. The molecule has 0 saturated carbocycles. The first kappa shape index (κ1) is 13.2. The number of nitro benzene ring substituents is 1. The number of urea groups is 1. The Morgan fingerprint density at radius 3 is 2.67 bits per heavy atom. The molecule has 0 atom stereocenters. The van der Waals surface area contributed by atoms with Gasteiger partial charge in [-0.25, -0.2) is 4.79 Å². The van der Waals surface area contributed by atoms with Crippen molar-refractivity contribution >= 4 is 17.4 Å². The molecule has 1 aromatic heterocycles. The largest absolute Gasteiger partial charge is 0.348 e. The van der Waals surface area contributed by atoms with E-state index in [1.165, 1.54) is 24.3 Å². The monoisotopic (exact) mass is 286 g/mol. The summed E-state index contributed by atoms with van der Waals surface area (Å²) in [6.45, 7) is 1.97. The molecule has 1 aromatic carbocycles. The van der Waals surface area contributed by atoms with E-state index in [2.05, 4.69) is 9.88 Å². The van der Waals surface area contributed by atoms with Crippen LogP contribution >= 0.6 is 0 Å². The molecular weight excluding hydrogens is 272 g/mol. The van der Waals surface area contributed by atoms with Gasteiger partial charge in [-0.1, -0.05) is 0 Å². The van der Waals surface area contributed by atoms with Crippen LogP contribution in [0.15, 0.2) is 42.6 Å². The second-order valence-corrected chi connectivity index (χ2v) is 4.85. The van der Waals surface area contributed by atoms with Crippen molar-refractivity contribution < 1.29 is 9.72 Å². The van der Waals surface area contributed by atoms with E-state index >= 15 is 0 Å². The summed E-state index contributed by atoms with van der Waals surface area (Å²) in [5.41, 5.74) is 1.65. The van der Waals surface area contributed by atoms with Gasteiger partial charge in [0.1, 0.15) is 0 Å². The highest BCUT2D eigenvalue weighted by Gasteiger charge is 2.20. The van der Waals surface area contributed by atoms with Crippen molar-refractivity contribution in [3.63, 3.8) is 0 Å². The molecular formula is C14H14N4O3. The third-order valence-corrected chi connectivity index (χ3v) is 3.50. The van der Waals surface area contributed by atoms with Gasteiger partial charge in [0.05, 0.1) is 11.5 Å². The number of anilines is 1.